The van der Waals surface area contributed by atoms with Crippen molar-refractivity contribution in [3.63, 3.8) is 0 Å². The molecule has 1 aromatic rings. The van der Waals surface area contributed by atoms with Gasteiger partial charge in [0, 0.05) is 11.7 Å². The Balaban J connectivity index is 3.47. The van der Waals surface area contributed by atoms with Gasteiger partial charge < -0.3 is 10.3 Å². The molecular weight excluding hydrogens is 188 g/mol. The minimum absolute atomic E-state index is 0.183. The fraction of sp³-hybridized carbons (Fsp3) is 0.444. The van der Waals surface area contributed by atoms with E-state index in [2.05, 4.69) is 0 Å². The van der Waals surface area contributed by atoms with E-state index in [1.54, 1.807) is 6.20 Å². The van der Waals surface area contributed by atoms with E-state index in [-0.39, 0.29) is 16.8 Å². The summed E-state index contributed by atoms with van der Waals surface area (Å²) < 4.78 is 1.53. The smallest absolute Gasteiger partial charge is 0.274 e. The van der Waals surface area contributed by atoms with Gasteiger partial charge in [0.15, 0.2) is 0 Å². The molecule has 13 heavy (non-hydrogen) atoms. The van der Waals surface area contributed by atoms with Crippen LogP contribution in [-0.2, 0) is 5.54 Å². The Bertz CT molecular complexity index is 376. The van der Waals surface area contributed by atoms with Gasteiger partial charge in [0.25, 0.3) is 5.56 Å². The third-order valence-electron chi connectivity index (χ3n) is 1.73. The standard InChI is InChI=1S/C9H13ClN2O/c1-9(2,3)12-5-6(10)4-7(11)8(12)13/h4-5H,11H2,1-3H3. The van der Waals surface area contributed by atoms with Gasteiger partial charge in [-0.3, -0.25) is 4.79 Å². The minimum atomic E-state index is -0.296. The van der Waals surface area contributed by atoms with E-state index in [4.69, 9.17) is 17.3 Å². The van der Waals surface area contributed by atoms with Gasteiger partial charge in [-0.25, -0.2) is 0 Å². The van der Waals surface area contributed by atoms with Crippen molar-refractivity contribution in [3.8, 4) is 0 Å². The third kappa shape index (κ3) is 2.04. The Hall–Kier alpha value is -0.960. The molecule has 0 aliphatic carbocycles. The molecule has 0 aliphatic heterocycles. The fourth-order valence-corrected chi connectivity index (χ4v) is 1.28. The largest absolute Gasteiger partial charge is 0.394 e. The Kier molecular flexibility index (Phi) is 2.39. The zero-order valence-electron chi connectivity index (χ0n) is 7.97. The lowest BCUT2D eigenvalue weighted by Crippen LogP contribution is -2.34. The highest BCUT2D eigenvalue weighted by atomic mass is 35.5. The zero-order chi connectivity index (χ0) is 10.2. The van der Waals surface area contributed by atoms with E-state index in [0.29, 0.717) is 5.02 Å². The Morgan fingerprint density at radius 3 is 2.46 bits per heavy atom. The van der Waals surface area contributed by atoms with E-state index in [0.717, 1.165) is 0 Å². The van der Waals surface area contributed by atoms with Crippen LogP contribution < -0.4 is 11.3 Å². The molecular formula is C9H13ClN2O. The molecule has 1 rings (SSSR count). The van der Waals surface area contributed by atoms with Gasteiger partial charge in [-0.2, -0.15) is 0 Å². The van der Waals surface area contributed by atoms with Gasteiger partial charge in [0.05, 0.1) is 10.7 Å². The average molecular weight is 201 g/mol. The maximum absolute atomic E-state index is 11.5. The Morgan fingerprint density at radius 1 is 1.46 bits per heavy atom. The topological polar surface area (TPSA) is 48.0 Å². The van der Waals surface area contributed by atoms with Crippen molar-refractivity contribution >= 4 is 17.3 Å². The number of nitrogen functional groups attached to an aromatic ring is 1. The molecule has 4 heteroatoms. The van der Waals surface area contributed by atoms with Crippen molar-refractivity contribution in [1.29, 1.82) is 0 Å². The van der Waals surface area contributed by atoms with Crippen LogP contribution in [0.3, 0.4) is 0 Å². The summed E-state index contributed by atoms with van der Waals surface area (Å²) in [6, 6.07) is 1.46. The van der Waals surface area contributed by atoms with Crippen LogP contribution in [0.4, 0.5) is 5.69 Å². The molecule has 0 fully saturated rings. The van der Waals surface area contributed by atoms with Crippen LogP contribution in [0, 0.1) is 0 Å². The lowest BCUT2D eigenvalue weighted by atomic mass is 10.1. The van der Waals surface area contributed by atoms with Crippen LogP contribution in [-0.4, -0.2) is 4.57 Å². The zero-order valence-corrected chi connectivity index (χ0v) is 8.72. The summed E-state index contributed by atoms with van der Waals surface area (Å²) in [7, 11) is 0. The van der Waals surface area contributed by atoms with Crippen LogP contribution >= 0.6 is 11.6 Å². The number of nitrogens with zero attached hydrogens (tertiary/aromatic N) is 1. The summed E-state index contributed by atoms with van der Waals surface area (Å²) in [5.41, 5.74) is 5.19. The van der Waals surface area contributed by atoms with E-state index < -0.39 is 0 Å². The molecule has 72 valence electrons. The first-order chi connectivity index (χ1) is 5.82. The summed E-state index contributed by atoms with van der Waals surface area (Å²) in [4.78, 5) is 11.5. The van der Waals surface area contributed by atoms with Gasteiger partial charge in [0.2, 0.25) is 0 Å². The molecule has 0 radical (unpaired) electrons. The fourth-order valence-electron chi connectivity index (χ4n) is 1.07. The van der Waals surface area contributed by atoms with E-state index >= 15 is 0 Å². The number of hydrogen-bond acceptors (Lipinski definition) is 2. The number of pyridine rings is 1. The average Bonchev–Trinajstić information content (AvgIpc) is 1.94. The van der Waals surface area contributed by atoms with Crippen molar-refractivity contribution in [3.05, 3.63) is 27.6 Å². The highest BCUT2D eigenvalue weighted by molar-refractivity contribution is 6.30. The monoisotopic (exact) mass is 200 g/mol. The van der Waals surface area contributed by atoms with Crippen LogP contribution in [0.25, 0.3) is 0 Å². The molecule has 0 unspecified atom stereocenters. The summed E-state index contributed by atoms with van der Waals surface area (Å²) in [5, 5.41) is 0.479. The second-order valence-corrected chi connectivity index (χ2v) is 4.40. The first-order valence-electron chi connectivity index (χ1n) is 4.00. The second kappa shape index (κ2) is 3.07. The van der Waals surface area contributed by atoms with Gasteiger partial charge in [0.1, 0.15) is 0 Å². The number of halogens is 1. The molecule has 0 aromatic carbocycles. The normalized spacial score (nSPS) is 11.7. The number of hydrogen-bond donors (Lipinski definition) is 1. The summed E-state index contributed by atoms with van der Waals surface area (Å²) >= 11 is 5.79. The quantitative estimate of drug-likeness (QED) is 0.695. The van der Waals surface area contributed by atoms with Crippen LogP contribution in [0.15, 0.2) is 17.1 Å². The van der Waals surface area contributed by atoms with Gasteiger partial charge in [-0.15, -0.1) is 0 Å². The highest BCUT2D eigenvalue weighted by Gasteiger charge is 2.15. The first-order valence-corrected chi connectivity index (χ1v) is 4.38. The van der Waals surface area contributed by atoms with E-state index in [1.807, 2.05) is 20.8 Å². The molecule has 0 atom stereocenters. The molecule has 0 aliphatic rings. The number of aromatic nitrogens is 1. The molecule has 1 heterocycles. The lowest BCUT2D eigenvalue weighted by Gasteiger charge is -2.22. The third-order valence-corrected chi connectivity index (χ3v) is 1.94. The maximum Gasteiger partial charge on any atom is 0.274 e. The maximum atomic E-state index is 11.5. The molecule has 3 nitrogen and oxygen atoms in total. The first kappa shape index (κ1) is 10.1. The molecule has 2 N–H and O–H groups in total. The SMILES string of the molecule is CC(C)(C)n1cc(Cl)cc(N)c1=O. The van der Waals surface area contributed by atoms with Crippen molar-refractivity contribution < 1.29 is 0 Å². The van der Waals surface area contributed by atoms with Crippen molar-refractivity contribution in [1.82, 2.24) is 4.57 Å². The van der Waals surface area contributed by atoms with E-state index in [1.165, 1.54) is 10.6 Å². The number of anilines is 1. The van der Waals surface area contributed by atoms with Crippen LogP contribution in [0.2, 0.25) is 5.02 Å². The Morgan fingerprint density at radius 2 is 2.00 bits per heavy atom. The van der Waals surface area contributed by atoms with Crippen LogP contribution in [0.1, 0.15) is 20.8 Å². The van der Waals surface area contributed by atoms with Gasteiger partial charge in [-0.1, -0.05) is 11.6 Å². The highest BCUT2D eigenvalue weighted by Crippen LogP contribution is 2.16. The molecule has 0 amide bonds. The van der Waals surface area contributed by atoms with Crippen LogP contribution in [0.5, 0.6) is 0 Å². The van der Waals surface area contributed by atoms with E-state index in [9.17, 15) is 4.79 Å². The van der Waals surface area contributed by atoms with Gasteiger partial charge in [-0.05, 0) is 26.8 Å². The van der Waals surface area contributed by atoms with Crippen molar-refractivity contribution in [2.45, 2.75) is 26.3 Å². The second-order valence-electron chi connectivity index (χ2n) is 3.96. The predicted octanol–water partition coefficient (Wildman–Crippen LogP) is 1.84. The van der Waals surface area contributed by atoms with Gasteiger partial charge >= 0.3 is 0 Å². The molecule has 1 aromatic heterocycles. The summed E-state index contributed by atoms with van der Waals surface area (Å²) in [6.45, 7) is 5.76. The number of rotatable bonds is 0. The summed E-state index contributed by atoms with van der Waals surface area (Å²) in [6.07, 6.45) is 1.60. The minimum Gasteiger partial charge on any atom is -0.394 e. The molecule has 0 saturated carbocycles. The predicted molar refractivity (Wildman–Crippen MR) is 55.1 cm³/mol. The molecule has 0 spiro atoms. The molecule has 0 saturated heterocycles. The summed E-state index contributed by atoms with van der Waals surface area (Å²) in [5.74, 6) is 0. The Labute approximate surface area is 82.1 Å². The van der Waals surface area contributed by atoms with Crippen molar-refractivity contribution in [2.75, 3.05) is 5.73 Å². The van der Waals surface area contributed by atoms with Crippen molar-refractivity contribution in [2.24, 2.45) is 0 Å². The number of nitrogens with two attached hydrogens (primary N) is 1. The molecule has 0 bridgehead atoms. The lowest BCUT2D eigenvalue weighted by molar-refractivity contribution is 0.385.